The van der Waals surface area contributed by atoms with Crippen LogP contribution in [0, 0.1) is 5.82 Å². The Bertz CT molecular complexity index is 481. The number of aromatic nitrogens is 3. The van der Waals surface area contributed by atoms with Crippen LogP contribution in [-0.2, 0) is 6.54 Å². The lowest BCUT2D eigenvalue weighted by Gasteiger charge is -2.06. The van der Waals surface area contributed by atoms with E-state index in [1.54, 1.807) is 16.8 Å². The molecule has 0 fully saturated rings. The molecular formula is C12H15FN4. The van der Waals surface area contributed by atoms with Crippen LogP contribution in [0.4, 0.5) is 4.39 Å². The Labute approximate surface area is 99.5 Å². The number of halogens is 1. The van der Waals surface area contributed by atoms with Gasteiger partial charge in [-0.1, -0.05) is 13.0 Å². The maximum Gasteiger partial charge on any atom is 0.146 e. The van der Waals surface area contributed by atoms with E-state index >= 15 is 0 Å². The van der Waals surface area contributed by atoms with E-state index in [2.05, 4.69) is 22.3 Å². The summed E-state index contributed by atoms with van der Waals surface area (Å²) in [6.07, 6.45) is 2.54. The van der Waals surface area contributed by atoms with Crippen molar-refractivity contribution in [3.05, 3.63) is 42.2 Å². The van der Waals surface area contributed by atoms with Gasteiger partial charge in [0.15, 0.2) is 0 Å². The quantitative estimate of drug-likeness (QED) is 0.803. The van der Waals surface area contributed by atoms with Gasteiger partial charge in [-0.15, -0.1) is 0 Å². The lowest BCUT2D eigenvalue weighted by molar-refractivity contribution is 0.617. The summed E-state index contributed by atoms with van der Waals surface area (Å²) >= 11 is 0. The van der Waals surface area contributed by atoms with Crippen molar-refractivity contribution in [1.82, 2.24) is 20.1 Å². The average Bonchev–Trinajstić information content (AvgIpc) is 2.78. The lowest BCUT2D eigenvalue weighted by atomic mass is 10.3. The monoisotopic (exact) mass is 234 g/mol. The number of hydrogen-bond donors (Lipinski definition) is 1. The van der Waals surface area contributed by atoms with Crippen LogP contribution in [0.25, 0.3) is 5.69 Å². The molecule has 0 aliphatic carbocycles. The van der Waals surface area contributed by atoms with Crippen molar-refractivity contribution in [2.45, 2.75) is 19.9 Å². The molecule has 0 radical (unpaired) electrons. The van der Waals surface area contributed by atoms with Crippen molar-refractivity contribution in [2.75, 3.05) is 6.54 Å². The minimum atomic E-state index is -0.273. The fourth-order valence-corrected chi connectivity index (χ4v) is 1.59. The Morgan fingerprint density at radius 3 is 3.06 bits per heavy atom. The molecule has 2 rings (SSSR count). The highest BCUT2D eigenvalue weighted by Gasteiger charge is 2.06. The third kappa shape index (κ3) is 2.88. The maximum atomic E-state index is 13.1. The van der Waals surface area contributed by atoms with Gasteiger partial charge < -0.3 is 5.32 Å². The first kappa shape index (κ1) is 11.7. The minimum Gasteiger partial charge on any atom is -0.310 e. The number of nitrogens with zero attached hydrogens (tertiary/aromatic N) is 3. The lowest BCUT2D eigenvalue weighted by Crippen LogP contribution is -2.17. The van der Waals surface area contributed by atoms with Gasteiger partial charge in [0.2, 0.25) is 0 Å². The van der Waals surface area contributed by atoms with Crippen molar-refractivity contribution in [3.63, 3.8) is 0 Å². The van der Waals surface area contributed by atoms with Gasteiger partial charge in [-0.3, -0.25) is 0 Å². The van der Waals surface area contributed by atoms with E-state index in [4.69, 9.17) is 0 Å². The van der Waals surface area contributed by atoms with Gasteiger partial charge >= 0.3 is 0 Å². The second-order valence-electron chi connectivity index (χ2n) is 3.74. The molecule has 1 N–H and O–H groups in total. The van der Waals surface area contributed by atoms with Crippen LogP contribution in [-0.4, -0.2) is 21.3 Å². The van der Waals surface area contributed by atoms with Gasteiger partial charge in [0.25, 0.3) is 0 Å². The molecule has 0 aliphatic heterocycles. The van der Waals surface area contributed by atoms with E-state index < -0.39 is 0 Å². The van der Waals surface area contributed by atoms with Crippen LogP contribution < -0.4 is 5.32 Å². The second-order valence-corrected chi connectivity index (χ2v) is 3.74. The second kappa shape index (κ2) is 5.54. The molecule has 0 amide bonds. The zero-order valence-electron chi connectivity index (χ0n) is 9.73. The molecule has 0 atom stereocenters. The summed E-state index contributed by atoms with van der Waals surface area (Å²) in [7, 11) is 0. The Hall–Kier alpha value is -1.75. The number of rotatable bonds is 5. The van der Waals surface area contributed by atoms with E-state index in [0.29, 0.717) is 12.2 Å². The summed E-state index contributed by atoms with van der Waals surface area (Å²) in [5, 5.41) is 7.35. The van der Waals surface area contributed by atoms with Crippen LogP contribution in [0.3, 0.4) is 0 Å². The Morgan fingerprint density at radius 2 is 2.29 bits per heavy atom. The SMILES string of the molecule is CCCNCc1ncnn1-c1cccc(F)c1. The molecule has 5 heteroatoms. The molecular weight excluding hydrogens is 219 g/mol. The van der Waals surface area contributed by atoms with Gasteiger partial charge in [0.05, 0.1) is 12.2 Å². The summed E-state index contributed by atoms with van der Waals surface area (Å²) < 4.78 is 14.8. The van der Waals surface area contributed by atoms with Gasteiger partial charge in [-0.2, -0.15) is 5.10 Å². The maximum absolute atomic E-state index is 13.1. The highest BCUT2D eigenvalue weighted by Crippen LogP contribution is 2.10. The molecule has 0 unspecified atom stereocenters. The first-order valence-corrected chi connectivity index (χ1v) is 5.67. The molecule has 2 aromatic rings. The summed E-state index contributed by atoms with van der Waals surface area (Å²) in [6, 6.07) is 6.32. The van der Waals surface area contributed by atoms with E-state index in [0.717, 1.165) is 18.8 Å². The first-order valence-electron chi connectivity index (χ1n) is 5.67. The third-order valence-corrected chi connectivity index (χ3v) is 2.38. The van der Waals surface area contributed by atoms with Crippen molar-refractivity contribution in [1.29, 1.82) is 0 Å². The predicted molar refractivity (Wildman–Crippen MR) is 63.3 cm³/mol. The van der Waals surface area contributed by atoms with Crippen molar-refractivity contribution < 1.29 is 4.39 Å². The number of hydrogen-bond acceptors (Lipinski definition) is 3. The van der Waals surface area contributed by atoms with Gasteiger partial charge in [0.1, 0.15) is 18.0 Å². The smallest absolute Gasteiger partial charge is 0.146 e. The standard InChI is InChI=1S/C12H15FN4/c1-2-6-14-8-12-15-9-16-17(12)11-5-3-4-10(13)7-11/h3-5,7,9,14H,2,6,8H2,1H3. The predicted octanol–water partition coefficient (Wildman–Crippen LogP) is 1.91. The molecule has 4 nitrogen and oxygen atoms in total. The third-order valence-electron chi connectivity index (χ3n) is 2.38. The van der Waals surface area contributed by atoms with E-state index in [9.17, 15) is 4.39 Å². The van der Waals surface area contributed by atoms with Gasteiger partial charge in [0, 0.05) is 0 Å². The topological polar surface area (TPSA) is 42.7 Å². The Balaban J connectivity index is 2.18. The summed E-state index contributed by atoms with van der Waals surface area (Å²) in [6.45, 7) is 3.66. The minimum absolute atomic E-state index is 0.273. The van der Waals surface area contributed by atoms with Crippen molar-refractivity contribution in [3.8, 4) is 5.69 Å². The highest BCUT2D eigenvalue weighted by molar-refractivity contribution is 5.31. The summed E-state index contributed by atoms with van der Waals surface area (Å²) in [5.74, 6) is 0.509. The fourth-order valence-electron chi connectivity index (χ4n) is 1.59. The average molecular weight is 234 g/mol. The summed E-state index contributed by atoms with van der Waals surface area (Å²) in [4.78, 5) is 4.16. The highest BCUT2D eigenvalue weighted by atomic mass is 19.1. The zero-order valence-corrected chi connectivity index (χ0v) is 9.73. The first-order chi connectivity index (χ1) is 8.31. The Kier molecular flexibility index (Phi) is 3.82. The molecule has 0 bridgehead atoms. The number of nitrogens with one attached hydrogen (secondary N) is 1. The van der Waals surface area contributed by atoms with Crippen molar-refractivity contribution >= 4 is 0 Å². The molecule has 0 saturated heterocycles. The van der Waals surface area contributed by atoms with Crippen LogP contribution in [0.5, 0.6) is 0 Å². The van der Waals surface area contributed by atoms with Gasteiger partial charge in [-0.25, -0.2) is 14.1 Å². The largest absolute Gasteiger partial charge is 0.310 e. The van der Waals surface area contributed by atoms with E-state index in [-0.39, 0.29) is 5.82 Å². The molecule has 0 aliphatic rings. The van der Waals surface area contributed by atoms with E-state index in [1.807, 2.05) is 0 Å². The van der Waals surface area contributed by atoms with Crippen LogP contribution in [0.15, 0.2) is 30.6 Å². The van der Waals surface area contributed by atoms with Gasteiger partial charge in [-0.05, 0) is 31.2 Å². The molecule has 1 aromatic heterocycles. The Morgan fingerprint density at radius 1 is 1.41 bits per heavy atom. The molecule has 0 saturated carbocycles. The molecule has 1 heterocycles. The molecule has 1 aromatic carbocycles. The fraction of sp³-hybridized carbons (Fsp3) is 0.333. The summed E-state index contributed by atoms with van der Waals surface area (Å²) in [5.41, 5.74) is 0.691. The molecule has 17 heavy (non-hydrogen) atoms. The van der Waals surface area contributed by atoms with E-state index in [1.165, 1.54) is 18.5 Å². The number of benzene rings is 1. The van der Waals surface area contributed by atoms with Crippen LogP contribution in [0.1, 0.15) is 19.2 Å². The van der Waals surface area contributed by atoms with Crippen molar-refractivity contribution in [2.24, 2.45) is 0 Å². The molecule has 0 spiro atoms. The molecule has 90 valence electrons. The zero-order chi connectivity index (χ0) is 12.1. The van der Waals surface area contributed by atoms with Crippen LogP contribution >= 0.6 is 0 Å². The normalized spacial score (nSPS) is 10.7. The van der Waals surface area contributed by atoms with Crippen LogP contribution in [0.2, 0.25) is 0 Å².